The highest BCUT2D eigenvalue weighted by Crippen LogP contribution is 2.33. The lowest BCUT2D eigenvalue weighted by Crippen LogP contribution is -2.29. The first-order chi connectivity index (χ1) is 10.3. The first-order valence-corrected chi connectivity index (χ1v) is 8.02. The molecule has 1 N–H and O–H groups in total. The number of hydrogen-bond donors (Lipinski definition) is 1. The Morgan fingerprint density at radius 3 is 2.82 bits per heavy atom. The van der Waals surface area contributed by atoms with Crippen LogP contribution in [0, 0.1) is 0 Å². The van der Waals surface area contributed by atoms with Gasteiger partial charge in [0.15, 0.2) is 0 Å². The zero-order valence-corrected chi connectivity index (χ0v) is 14.1. The highest BCUT2D eigenvalue weighted by molar-refractivity contribution is 6.32. The average Bonchev–Trinajstić information content (AvgIpc) is 3.32. The summed E-state index contributed by atoms with van der Waals surface area (Å²) in [5.41, 5.74) is 2.53. The molecule has 0 atom stereocenters. The molecule has 22 heavy (non-hydrogen) atoms. The second kappa shape index (κ2) is 8.04. The molecule has 0 unspecified atom stereocenters. The summed E-state index contributed by atoms with van der Waals surface area (Å²) in [5.74, 6) is 0.805. The summed E-state index contributed by atoms with van der Waals surface area (Å²) in [5, 5.41) is 4.06. The minimum Gasteiger partial charge on any atom is -0.490 e. The van der Waals surface area contributed by atoms with E-state index in [-0.39, 0.29) is 12.4 Å². The molecule has 3 rings (SSSR count). The maximum atomic E-state index is 11.0. The molecule has 1 aromatic rings. The van der Waals surface area contributed by atoms with Crippen molar-refractivity contribution in [3.8, 4) is 5.75 Å². The fourth-order valence-electron chi connectivity index (χ4n) is 2.85. The Hall–Kier alpha value is -0.970. The molecular formula is C16H22Cl2N2O2. The monoisotopic (exact) mass is 344 g/mol. The first-order valence-electron chi connectivity index (χ1n) is 7.64. The Labute approximate surface area is 142 Å². The Morgan fingerprint density at radius 2 is 2.09 bits per heavy atom. The van der Waals surface area contributed by atoms with Gasteiger partial charge >= 0.3 is 0 Å². The second-order valence-electron chi connectivity index (χ2n) is 5.69. The van der Waals surface area contributed by atoms with Crippen molar-refractivity contribution in [2.75, 3.05) is 26.2 Å². The van der Waals surface area contributed by atoms with E-state index >= 15 is 0 Å². The van der Waals surface area contributed by atoms with Crippen molar-refractivity contribution < 1.29 is 9.53 Å². The van der Waals surface area contributed by atoms with Gasteiger partial charge in [-0.3, -0.25) is 4.79 Å². The van der Waals surface area contributed by atoms with Crippen LogP contribution in [-0.2, 0) is 17.6 Å². The summed E-state index contributed by atoms with van der Waals surface area (Å²) >= 11 is 6.31. The van der Waals surface area contributed by atoms with E-state index in [1.807, 2.05) is 11.0 Å². The number of amides is 1. The summed E-state index contributed by atoms with van der Waals surface area (Å²) in [6, 6.07) is 4.44. The third-order valence-corrected chi connectivity index (χ3v) is 4.48. The molecule has 1 fully saturated rings. The van der Waals surface area contributed by atoms with Gasteiger partial charge in [-0.2, -0.15) is 0 Å². The van der Waals surface area contributed by atoms with Crippen LogP contribution in [0.5, 0.6) is 5.75 Å². The van der Waals surface area contributed by atoms with E-state index in [1.54, 1.807) is 0 Å². The minimum atomic E-state index is 0. The van der Waals surface area contributed by atoms with Crippen molar-refractivity contribution in [1.82, 2.24) is 10.2 Å². The van der Waals surface area contributed by atoms with Crippen LogP contribution in [0.4, 0.5) is 0 Å². The van der Waals surface area contributed by atoms with Gasteiger partial charge in [-0.1, -0.05) is 17.7 Å². The predicted octanol–water partition coefficient (Wildman–Crippen LogP) is 2.45. The van der Waals surface area contributed by atoms with Crippen molar-refractivity contribution in [2.24, 2.45) is 0 Å². The normalized spacial score (nSPS) is 17.0. The number of rotatable bonds is 6. The highest BCUT2D eigenvalue weighted by atomic mass is 35.5. The molecule has 2 aliphatic rings. The number of carbonyl (C=O) groups excluding carboxylic acids is 1. The van der Waals surface area contributed by atoms with Gasteiger partial charge in [0.05, 0.1) is 11.6 Å². The average molecular weight is 345 g/mol. The zero-order valence-electron chi connectivity index (χ0n) is 12.5. The van der Waals surface area contributed by atoms with Crippen LogP contribution in [0.3, 0.4) is 0 Å². The van der Waals surface area contributed by atoms with Crippen molar-refractivity contribution in [3.05, 3.63) is 28.3 Å². The van der Waals surface area contributed by atoms with E-state index in [0.717, 1.165) is 50.9 Å². The number of nitrogens with one attached hydrogen (secondary N) is 1. The fraction of sp³-hybridized carbons (Fsp3) is 0.562. The number of carbonyl (C=O) groups is 1. The summed E-state index contributed by atoms with van der Waals surface area (Å²) in [6.07, 6.45) is 5.10. The molecule has 0 radical (unpaired) electrons. The number of halogens is 2. The molecule has 1 aromatic carbocycles. The van der Waals surface area contributed by atoms with Crippen LogP contribution in [0.2, 0.25) is 5.02 Å². The van der Waals surface area contributed by atoms with E-state index in [9.17, 15) is 4.79 Å². The Morgan fingerprint density at radius 1 is 1.32 bits per heavy atom. The fourth-order valence-corrected chi connectivity index (χ4v) is 3.08. The summed E-state index contributed by atoms with van der Waals surface area (Å²) in [4.78, 5) is 12.8. The van der Waals surface area contributed by atoms with Crippen LogP contribution >= 0.6 is 24.0 Å². The van der Waals surface area contributed by atoms with Crippen LogP contribution < -0.4 is 10.1 Å². The number of nitrogens with zero attached hydrogens (tertiary/aromatic N) is 1. The molecule has 1 heterocycles. The van der Waals surface area contributed by atoms with Gasteiger partial charge in [0, 0.05) is 11.6 Å². The molecule has 4 nitrogen and oxygen atoms in total. The Kier molecular flexibility index (Phi) is 6.36. The maximum Gasteiger partial charge on any atom is 0.210 e. The third-order valence-electron chi connectivity index (χ3n) is 4.18. The summed E-state index contributed by atoms with van der Waals surface area (Å²) < 4.78 is 5.94. The van der Waals surface area contributed by atoms with Gasteiger partial charge < -0.3 is 15.0 Å². The topological polar surface area (TPSA) is 41.6 Å². The van der Waals surface area contributed by atoms with Gasteiger partial charge in [-0.05, 0) is 50.4 Å². The predicted molar refractivity (Wildman–Crippen MR) is 90.3 cm³/mol. The van der Waals surface area contributed by atoms with E-state index < -0.39 is 0 Å². The molecule has 1 aliphatic carbocycles. The van der Waals surface area contributed by atoms with Crippen LogP contribution in [-0.4, -0.2) is 43.6 Å². The van der Waals surface area contributed by atoms with E-state index in [2.05, 4.69) is 11.4 Å². The number of ether oxygens (including phenoxy) is 1. The molecule has 1 aliphatic heterocycles. The molecule has 0 bridgehead atoms. The molecular weight excluding hydrogens is 323 g/mol. The van der Waals surface area contributed by atoms with Gasteiger partial charge in [0.25, 0.3) is 0 Å². The SMILES string of the molecule is Cl.O=CN(CCOc1c(Cl)ccc2c1CCNCC2)C1CC1. The standard InChI is InChI=1S/C16H21ClN2O2.ClH/c17-15-4-1-12-5-7-18-8-6-14(12)16(15)21-10-9-19(11-20)13-2-3-13;/h1,4,11,13,18H,2-3,5-10H2;1H. The van der Waals surface area contributed by atoms with Gasteiger partial charge in [0.2, 0.25) is 6.41 Å². The second-order valence-corrected chi connectivity index (χ2v) is 6.09. The Bertz CT molecular complexity index is 521. The number of benzene rings is 1. The van der Waals surface area contributed by atoms with Crippen LogP contribution in [0.25, 0.3) is 0 Å². The molecule has 6 heteroatoms. The summed E-state index contributed by atoms with van der Waals surface area (Å²) in [6.45, 7) is 3.08. The van der Waals surface area contributed by atoms with Gasteiger partial charge in [0.1, 0.15) is 12.4 Å². The molecule has 1 saturated carbocycles. The largest absolute Gasteiger partial charge is 0.490 e. The Balaban J connectivity index is 0.00000176. The first kappa shape index (κ1) is 17.4. The van der Waals surface area contributed by atoms with Crippen molar-refractivity contribution >= 4 is 30.4 Å². The van der Waals surface area contributed by atoms with Crippen molar-refractivity contribution in [2.45, 2.75) is 31.7 Å². The van der Waals surface area contributed by atoms with Gasteiger partial charge in [-0.15, -0.1) is 12.4 Å². The molecule has 0 saturated heterocycles. The lowest BCUT2D eigenvalue weighted by molar-refractivity contribution is -0.119. The smallest absolute Gasteiger partial charge is 0.210 e. The third kappa shape index (κ3) is 4.06. The van der Waals surface area contributed by atoms with Crippen LogP contribution in [0.1, 0.15) is 24.0 Å². The molecule has 0 spiro atoms. The minimum absolute atomic E-state index is 0. The maximum absolute atomic E-state index is 11.0. The molecule has 1 amide bonds. The summed E-state index contributed by atoms with van der Waals surface area (Å²) in [7, 11) is 0. The van der Waals surface area contributed by atoms with Crippen molar-refractivity contribution in [3.63, 3.8) is 0 Å². The lowest BCUT2D eigenvalue weighted by atomic mass is 10.0. The highest BCUT2D eigenvalue weighted by Gasteiger charge is 2.27. The zero-order chi connectivity index (χ0) is 14.7. The molecule has 122 valence electrons. The van der Waals surface area contributed by atoms with Crippen molar-refractivity contribution in [1.29, 1.82) is 0 Å². The van der Waals surface area contributed by atoms with E-state index in [4.69, 9.17) is 16.3 Å². The quantitative estimate of drug-likeness (QED) is 0.806. The van der Waals surface area contributed by atoms with Crippen LogP contribution in [0.15, 0.2) is 12.1 Å². The van der Waals surface area contributed by atoms with E-state index in [0.29, 0.717) is 24.2 Å². The van der Waals surface area contributed by atoms with E-state index in [1.165, 1.54) is 11.1 Å². The van der Waals surface area contributed by atoms with Gasteiger partial charge in [-0.25, -0.2) is 0 Å². The molecule has 0 aromatic heterocycles. The number of hydrogen-bond acceptors (Lipinski definition) is 3. The lowest BCUT2D eigenvalue weighted by Gasteiger charge is -2.19. The number of fused-ring (bicyclic) bond motifs is 1.